The maximum atomic E-state index is 12.8. The van der Waals surface area contributed by atoms with Gasteiger partial charge in [-0.05, 0) is 23.8 Å². The summed E-state index contributed by atoms with van der Waals surface area (Å²) in [5, 5.41) is 0. The van der Waals surface area contributed by atoms with E-state index in [9.17, 15) is 22.8 Å². The van der Waals surface area contributed by atoms with E-state index < -0.39 is 23.8 Å². The quantitative estimate of drug-likeness (QED) is 0.719. The summed E-state index contributed by atoms with van der Waals surface area (Å²) in [6.07, 6.45) is -4.13. The first kappa shape index (κ1) is 19.2. The van der Waals surface area contributed by atoms with Gasteiger partial charge >= 0.3 is 12.1 Å². The highest BCUT2D eigenvalue weighted by Gasteiger charge is 2.35. The molecule has 4 rings (SSSR count). The van der Waals surface area contributed by atoms with Crippen LogP contribution in [0.2, 0.25) is 0 Å². The molecule has 6 nitrogen and oxygen atoms in total. The number of alkyl halides is 3. The number of nitrogens with zero attached hydrogens (tertiary/aromatic N) is 3. The van der Waals surface area contributed by atoms with E-state index in [-0.39, 0.29) is 5.91 Å². The van der Waals surface area contributed by atoms with Gasteiger partial charge in [-0.2, -0.15) is 13.2 Å². The molecule has 0 radical (unpaired) electrons. The van der Waals surface area contributed by atoms with Crippen LogP contribution in [0.3, 0.4) is 0 Å². The Hall–Kier alpha value is -3.10. The van der Waals surface area contributed by atoms with Crippen LogP contribution in [0.4, 0.5) is 19.0 Å². The summed E-state index contributed by atoms with van der Waals surface area (Å²) in [6.45, 7) is 1.61. The minimum Gasteiger partial charge on any atom is -0.448 e. The number of carbonyl (C=O) groups excluding carboxylic acids is 2. The largest absolute Gasteiger partial charge is 0.448 e. The molecule has 0 spiro atoms. The van der Waals surface area contributed by atoms with Gasteiger partial charge in [-0.15, -0.1) is 0 Å². The second-order valence-corrected chi connectivity index (χ2v) is 6.97. The van der Waals surface area contributed by atoms with Crippen LogP contribution in [-0.2, 0) is 22.1 Å². The number of hydrogen-bond donors (Lipinski definition) is 0. The molecule has 2 aliphatic heterocycles. The maximum absolute atomic E-state index is 12.8. The maximum Gasteiger partial charge on any atom is 0.417 e. The van der Waals surface area contributed by atoms with Crippen molar-refractivity contribution >= 4 is 17.7 Å². The minimum absolute atomic E-state index is 0.257. The van der Waals surface area contributed by atoms with Crippen LogP contribution < -0.4 is 4.90 Å². The van der Waals surface area contributed by atoms with Gasteiger partial charge in [-0.1, -0.05) is 18.2 Å². The molecule has 0 bridgehead atoms. The molecule has 3 heterocycles. The van der Waals surface area contributed by atoms with E-state index in [1.165, 1.54) is 6.07 Å². The van der Waals surface area contributed by atoms with E-state index in [1.807, 2.05) is 17.0 Å². The van der Waals surface area contributed by atoms with Crippen molar-refractivity contribution in [1.82, 2.24) is 9.88 Å². The lowest BCUT2D eigenvalue weighted by Crippen LogP contribution is -2.53. The molecule has 1 saturated heterocycles. The topological polar surface area (TPSA) is 62.7 Å². The Morgan fingerprint density at radius 2 is 1.79 bits per heavy atom. The van der Waals surface area contributed by atoms with Crippen LogP contribution in [0.5, 0.6) is 0 Å². The molecule has 9 heteroatoms. The van der Waals surface area contributed by atoms with Crippen LogP contribution in [0, 0.1) is 0 Å². The molecule has 1 aromatic carbocycles. The summed E-state index contributed by atoms with van der Waals surface area (Å²) >= 11 is 0. The molecule has 1 fully saturated rings. The minimum atomic E-state index is -4.42. The lowest BCUT2D eigenvalue weighted by Gasteiger charge is -2.37. The van der Waals surface area contributed by atoms with E-state index in [2.05, 4.69) is 4.98 Å². The second-order valence-electron chi connectivity index (χ2n) is 6.97. The van der Waals surface area contributed by atoms with Crippen molar-refractivity contribution in [2.75, 3.05) is 31.1 Å². The van der Waals surface area contributed by atoms with Crippen LogP contribution in [0.15, 0.2) is 42.6 Å². The number of amides is 1. The van der Waals surface area contributed by atoms with E-state index in [1.54, 1.807) is 17.0 Å². The van der Waals surface area contributed by atoms with Crippen molar-refractivity contribution in [3.05, 3.63) is 59.3 Å². The van der Waals surface area contributed by atoms with Crippen molar-refractivity contribution in [1.29, 1.82) is 0 Å². The summed E-state index contributed by atoms with van der Waals surface area (Å²) in [5.74, 6) is -0.325. The van der Waals surface area contributed by atoms with Crippen molar-refractivity contribution in [3.8, 4) is 0 Å². The third kappa shape index (κ3) is 3.90. The third-order valence-electron chi connectivity index (χ3n) is 5.16. The molecular formula is C20H18F3N3O3. The van der Waals surface area contributed by atoms with Gasteiger partial charge < -0.3 is 14.5 Å². The van der Waals surface area contributed by atoms with Crippen LogP contribution in [0.1, 0.15) is 21.5 Å². The predicted octanol–water partition coefficient (Wildman–Crippen LogP) is 2.53. The summed E-state index contributed by atoms with van der Waals surface area (Å²) < 4.78 is 43.3. The number of pyridine rings is 1. The molecule has 2 aromatic rings. The van der Waals surface area contributed by atoms with Gasteiger partial charge in [0.1, 0.15) is 5.82 Å². The fourth-order valence-electron chi connectivity index (χ4n) is 3.57. The predicted molar refractivity (Wildman–Crippen MR) is 97.4 cm³/mol. The number of carbonyl (C=O) groups is 2. The average Bonchev–Trinajstić information content (AvgIpc) is 2.73. The molecule has 29 heavy (non-hydrogen) atoms. The van der Waals surface area contributed by atoms with Crippen LogP contribution >= 0.6 is 0 Å². The lowest BCUT2D eigenvalue weighted by molar-refractivity contribution is -0.141. The molecule has 1 atom stereocenters. The number of cyclic esters (lactones) is 1. The molecule has 0 N–H and O–H groups in total. The van der Waals surface area contributed by atoms with E-state index in [0.717, 1.165) is 17.8 Å². The van der Waals surface area contributed by atoms with Crippen molar-refractivity contribution < 1.29 is 27.5 Å². The van der Waals surface area contributed by atoms with Gasteiger partial charge in [-0.3, -0.25) is 4.79 Å². The fourth-order valence-corrected chi connectivity index (χ4v) is 3.57. The molecule has 0 saturated carbocycles. The van der Waals surface area contributed by atoms with E-state index >= 15 is 0 Å². The highest BCUT2D eigenvalue weighted by molar-refractivity contribution is 5.95. The van der Waals surface area contributed by atoms with Crippen molar-refractivity contribution in [2.45, 2.75) is 18.7 Å². The van der Waals surface area contributed by atoms with Gasteiger partial charge in [0.25, 0.3) is 5.91 Å². The molecular weight excluding hydrogens is 387 g/mol. The number of ether oxygens (including phenoxy) is 1. The first-order valence-corrected chi connectivity index (χ1v) is 9.19. The number of halogens is 3. The Morgan fingerprint density at radius 3 is 2.45 bits per heavy atom. The summed E-state index contributed by atoms with van der Waals surface area (Å²) in [4.78, 5) is 32.3. The Kier molecular flexibility index (Phi) is 4.89. The summed E-state index contributed by atoms with van der Waals surface area (Å²) in [7, 11) is 0. The zero-order chi connectivity index (χ0) is 20.6. The van der Waals surface area contributed by atoms with Gasteiger partial charge in [0.2, 0.25) is 0 Å². The lowest BCUT2D eigenvalue weighted by atomic mass is 9.98. The first-order valence-electron chi connectivity index (χ1n) is 9.19. The monoisotopic (exact) mass is 405 g/mol. The number of esters is 1. The first-order chi connectivity index (χ1) is 13.8. The molecule has 1 aromatic heterocycles. The van der Waals surface area contributed by atoms with E-state index in [0.29, 0.717) is 44.0 Å². The Balaban J connectivity index is 1.37. The van der Waals surface area contributed by atoms with Gasteiger partial charge in [0.05, 0.1) is 11.1 Å². The smallest absolute Gasteiger partial charge is 0.417 e. The normalized spacial score (nSPS) is 19.6. The van der Waals surface area contributed by atoms with Gasteiger partial charge in [0, 0.05) is 38.8 Å². The number of benzene rings is 1. The SMILES string of the molecule is O=C1O[C@@H](C(=O)N2CCN(c3ccc(C(F)(F)F)cn3)CC2)Cc2ccccc21. The Labute approximate surface area is 164 Å². The van der Waals surface area contributed by atoms with Crippen molar-refractivity contribution in [2.24, 2.45) is 0 Å². The number of anilines is 1. The molecule has 0 aliphatic carbocycles. The van der Waals surface area contributed by atoms with Crippen molar-refractivity contribution in [3.63, 3.8) is 0 Å². The highest BCUT2D eigenvalue weighted by Crippen LogP contribution is 2.29. The summed E-state index contributed by atoms with van der Waals surface area (Å²) in [6, 6.07) is 9.38. The number of piperazine rings is 1. The molecule has 152 valence electrons. The zero-order valence-electron chi connectivity index (χ0n) is 15.4. The zero-order valence-corrected chi connectivity index (χ0v) is 15.4. The molecule has 0 unspecified atom stereocenters. The number of rotatable bonds is 2. The van der Waals surface area contributed by atoms with Gasteiger partial charge in [-0.25, -0.2) is 9.78 Å². The van der Waals surface area contributed by atoms with E-state index in [4.69, 9.17) is 4.74 Å². The standard InChI is InChI=1S/C20H18F3N3O3/c21-20(22,23)14-5-6-17(24-12-14)25-7-9-26(10-8-25)18(27)16-11-13-3-1-2-4-15(13)19(28)29-16/h1-6,12,16H,7-11H2/t16-/m1/s1. The average molecular weight is 405 g/mol. The van der Waals surface area contributed by atoms with Gasteiger partial charge in [0.15, 0.2) is 6.10 Å². The van der Waals surface area contributed by atoms with Crippen LogP contribution in [0.25, 0.3) is 0 Å². The fraction of sp³-hybridized carbons (Fsp3) is 0.350. The molecule has 1 amide bonds. The van der Waals surface area contributed by atoms with Crippen LogP contribution in [-0.4, -0.2) is 54.0 Å². The summed E-state index contributed by atoms with van der Waals surface area (Å²) in [5.41, 5.74) is 0.471. The highest BCUT2D eigenvalue weighted by atomic mass is 19.4. The number of hydrogen-bond acceptors (Lipinski definition) is 5. The molecule has 2 aliphatic rings. The Bertz CT molecular complexity index is 923. The number of aromatic nitrogens is 1. The second kappa shape index (κ2) is 7.38. The third-order valence-corrected chi connectivity index (χ3v) is 5.16. The number of fused-ring (bicyclic) bond motifs is 1. The Morgan fingerprint density at radius 1 is 1.07 bits per heavy atom.